The molecule has 0 unspecified atom stereocenters. The third-order valence-electron chi connectivity index (χ3n) is 4.87. The average molecular weight is 448 g/mol. The monoisotopic (exact) mass is 447 g/mol. The molecule has 1 heterocycles. The zero-order valence-corrected chi connectivity index (χ0v) is 18.0. The summed E-state index contributed by atoms with van der Waals surface area (Å²) in [4.78, 5) is 25.6. The fourth-order valence-corrected chi connectivity index (χ4v) is 4.74. The maximum absolute atomic E-state index is 12.8. The number of aromatic hydroxyl groups is 1. The van der Waals surface area contributed by atoms with Crippen molar-refractivity contribution in [1.29, 1.82) is 0 Å². The van der Waals surface area contributed by atoms with E-state index in [1.807, 2.05) is 6.07 Å². The summed E-state index contributed by atoms with van der Waals surface area (Å²) in [6.07, 6.45) is 0. The van der Waals surface area contributed by atoms with Gasteiger partial charge in [-0.2, -0.15) is 4.31 Å². The van der Waals surface area contributed by atoms with Crippen molar-refractivity contribution in [3.63, 3.8) is 0 Å². The molecule has 31 heavy (non-hydrogen) atoms. The largest absolute Gasteiger partial charge is 0.507 e. The van der Waals surface area contributed by atoms with Crippen molar-refractivity contribution >= 4 is 21.8 Å². The van der Waals surface area contributed by atoms with Gasteiger partial charge in [0.05, 0.1) is 6.54 Å². The first-order valence-electron chi connectivity index (χ1n) is 9.79. The number of ether oxygens (including phenoxy) is 1. The summed E-state index contributed by atoms with van der Waals surface area (Å²) in [5, 5.41) is 12.5. The van der Waals surface area contributed by atoms with Crippen molar-refractivity contribution in [2.24, 2.45) is 0 Å². The summed E-state index contributed by atoms with van der Waals surface area (Å²) in [6.45, 7) is 1.95. The molecule has 10 heteroatoms. The van der Waals surface area contributed by atoms with Gasteiger partial charge in [0.2, 0.25) is 15.9 Å². The number of carbonyl (C=O) groups is 2. The van der Waals surface area contributed by atoms with Crippen LogP contribution in [0.2, 0.25) is 0 Å². The minimum atomic E-state index is -3.86. The number of nitrogens with zero attached hydrogens (tertiary/aromatic N) is 2. The van der Waals surface area contributed by atoms with Crippen LogP contribution >= 0.6 is 0 Å². The van der Waals surface area contributed by atoms with Gasteiger partial charge in [-0.1, -0.05) is 24.3 Å². The number of phenolic OH excluding ortho intramolecular Hbond substituents is 1. The van der Waals surface area contributed by atoms with Crippen LogP contribution in [0.15, 0.2) is 53.4 Å². The number of rotatable bonds is 7. The Morgan fingerprint density at radius 1 is 1.06 bits per heavy atom. The smallest absolute Gasteiger partial charge is 0.258 e. The summed E-state index contributed by atoms with van der Waals surface area (Å²) >= 11 is 0. The van der Waals surface area contributed by atoms with Gasteiger partial charge in [0.25, 0.3) is 5.91 Å². The molecule has 0 bridgehead atoms. The van der Waals surface area contributed by atoms with E-state index in [0.29, 0.717) is 5.75 Å². The normalized spacial score (nSPS) is 14.8. The third-order valence-corrected chi connectivity index (χ3v) is 6.80. The Morgan fingerprint density at radius 2 is 1.74 bits per heavy atom. The Hall–Kier alpha value is -3.11. The lowest BCUT2D eigenvalue weighted by molar-refractivity contribution is -0.134. The lowest BCUT2D eigenvalue weighted by atomic mass is 10.2. The number of benzene rings is 2. The number of hydrogen-bond acceptors (Lipinski definition) is 6. The van der Waals surface area contributed by atoms with Crippen LogP contribution in [0.4, 0.5) is 0 Å². The molecule has 2 aromatic carbocycles. The first-order chi connectivity index (χ1) is 14.8. The molecule has 0 atom stereocenters. The summed E-state index contributed by atoms with van der Waals surface area (Å²) in [6, 6.07) is 13.3. The molecule has 2 N–H and O–H groups in total. The average Bonchev–Trinajstić information content (AvgIpc) is 2.78. The molecular weight excluding hydrogens is 422 g/mol. The minimum absolute atomic E-state index is 0.104. The Labute approximate surface area is 181 Å². The number of amides is 2. The number of nitrogens with one attached hydrogen (secondary N) is 1. The molecule has 3 rings (SSSR count). The van der Waals surface area contributed by atoms with E-state index in [9.17, 15) is 23.1 Å². The quantitative estimate of drug-likeness (QED) is 0.646. The van der Waals surface area contributed by atoms with Gasteiger partial charge in [0, 0.05) is 26.2 Å². The van der Waals surface area contributed by atoms with Crippen LogP contribution in [-0.4, -0.2) is 73.9 Å². The van der Waals surface area contributed by atoms with Gasteiger partial charge in [0.15, 0.2) is 6.61 Å². The summed E-state index contributed by atoms with van der Waals surface area (Å²) in [7, 11) is -3.86. The molecule has 1 saturated heterocycles. The predicted molar refractivity (Wildman–Crippen MR) is 113 cm³/mol. The molecule has 2 amide bonds. The highest BCUT2D eigenvalue weighted by molar-refractivity contribution is 7.89. The summed E-state index contributed by atoms with van der Waals surface area (Å²) in [5.41, 5.74) is 0.720. The van der Waals surface area contributed by atoms with E-state index < -0.39 is 15.9 Å². The molecule has 9 nitrogen and oxygen atoms in total. The van der Waals surface area contributed by atoms with Gasteiger partial charge in [-0.3, -0.25) is 9.59 Å². The molecule has 1 aliphatic heterocycles. The SMILES string of the molecule is Cc1ccc(O)c(S(=O)(=O)N2CCN(C(=O)CNC(=O)COc3ccccc3)CC2)c1. The number of para-hydroxylation sites is 1. The molecule has 1 aliphatic rings. The van der Waals surface area contributed by atoms with E-state index >= 15 is 0 Å². The molecule has 0 saturated carbocycles. The lowest BCUT2D eigenvalue weighted by Gasteiger charge is -2.34. The van der Waals surface area contributed by atoms with Crippen LogP contribution < -0.4 is 10.1 Å². The molecule has 2 aromatic rings. The maximum atomic E-state index is 12.8. The fraction of sp³-hybridized carbons (Fsp3) is 0.333. The molecule has 1 fully saturated rings. The van der Waals surface area contributed by atoms with Crippen LogP contribution in [0.5, 0.6) is 11.5 Å². The second kappa shape index (κ2) is 9.80. The highest BCUT2D eigenvalue weighted by atomic mass is 32.2. The van der Waals surface area contributed by atoms with Crippen molar-refractivity contribution in [3.8, 4) is 11.5 Å². The first kappa shape index (κ1) is 22.6. The zero-order chi connectivity index (χ0) is 22.4. The maximum Gasteiger partial charge on any atom is 0.258 e. The van der Waals surface area contributed by atoms with Gasteiger partial charge in [-0.15, -0.1) is 0 Å². The third kappa shape index (κ3) is 5.74. The summed E-state index contributed by atoms with van der Waals surface area (Å²) in [5.74, 6) is -0.470. The van der Waals surface area contributed by atoms with E-state index in [0.717, 1.165) is 5.56 Å². The van der Waals surface area contributed by atoms with E-state index in [2.05, 4.69) is 5.32 Å². The standard InChI is InChI=1S/C21H25N3O6S/c1-16-7-8-18(25)19(13-16)31(28,29)24-11-9-23(10-12-24)21(27)14-22-20(26)15-30-17-5-3-2-4-6-17/h2-8,13,25H,9-12,14-15H2,1H3,(H,22,26). The number of hydrogen-bond donors (Lipinski definition) is 2. The highest BCUT2D eigenvalue weighted by Gasteiger charge is 2.31. The highest BCUT2D eigenvalue weighted by Crippen LogP contribution is 2.27. The van der Waals surface area contributed by atoms with Gasteiger partial charge in [0.1, 0.15) is 16.4 Å². The lowest BCUT2D eigenvalue weighted by Crippen LogP contribution is -2.52. The van der Waals surface area contributed by atoms with E-state index in [1.165, 1.54) is 21.3 Å². The Balaban J connectivity index is 1.47. The Bertz CT molecular complexity index is 1030. The van der Waals surface area contributed by atoms with Crippen LogP contribution in [0.25, 0.3) is 0 Å². The van der Waals surface area contributed by atoms with E-state index in [4.69, 9.17) is 4.74 Å². The zero-order valence-electron chi connectivity index (χ0n) is 17.2. The predicted octanol–water partition coefficient (Wildman–Crippen LogP) is 0.729. The van der Waals surface area contributed by atoms with Crippen molar-refractivity contribution in [1.82, 2.24) is 14.5 Å². The molecule has 0 radical (unpaired) electrons. The van der Waals surface area contributed by atoms with Crippen molar-refractivity contribution in [3.05, 3.63) is 54.1 Å². The molecule has 166 valence electrons. The fourth-order valence-electron chi connectivity index (χ4n) is 3.15. The van der Waals surface area contributed by atoms with E-state index in [1.54, 1.807) is 37.3 Å². The number of phenols is 1. The molecular formula is C21H25N3O6S. The van der Waals surface area contributed by atoms with Crippen molar-refractivity contribution in [2.45, 2.75) is 11.8 Å². The molecule has 0 aliphatic carbocycles. The van der Waals surface area contributed by atoms with Crippen molar-refractivity contribution < 1.29 is 27.9 Å². The first-order valence-corrected chi connectivity index (χ1v) is 11.2. The number of aryl methyl sites for hydroxylation is 1. The Morgan fingerprint density at radius 3 is 2.42 bits per heavy atom. The van der Waals surface area contributed by atoms with Gasteiger partial charge >= 0.3 is 0 Å². The summed E-state index contributed by atoms with van der Waals surface area (Å²) < 4.78 is 32.2. The van der Waals surface area contributed by atoms with Gasteiger partial charge < -0.3 is 20.1 Å². The van der Waals surface area contributed by atoms with E-state index in [-0.39, 0.29) is 55.9 Å². The van der Waals surface area contributed by atoms with Crippen LogP contribution in [0.1, 0.15) is 5.56 Å². The number of sulfonamides is 1. The van der Waals surface area contributed by atoms with Crippen molar-refractivity contribution in [2.75, 3.05) is 39.3 Å². The van der Waals surface area contributed by atoms with Crippen LogP contribution in [0, 0.1) is 6.92 Å². The molecule has 0 spiro atoms. The topological polar surface area (TPSA) is 116 Å². The van der Waals surface area contributed by atoms with Gasteiger partial charge in [-0.25, -0.2) is 8.42 Å². The minimum Gasteiger partial charge on any atom is -0.507 e. The number of piperazine rings is 1. The van der Waals surface area contributed by atoms with Crippen LogP contribution in [-0.2, 0) is 19.6 Å². The number of carbonyl (C=O) groups excluding carboxylic acids is 2. The van der Waals surface area contributed by atoms with Crippen LogP contribution in [0.3, 0.4) is 0 Å². The second-order valence-corrected chi connectivity index (χ2v) is 9.04. The Kier molecular flexibility index (Phi) is 7.13. The molecule has 0 aromatic heterocycles. The van der Waals surface area contributed by atoms with Gasteiger partial charge in [-0.05, 0) is 36.8 Å². The second-order valence-electron chi connectivity index (χ2n) is 7.13.